The van der Waals surface area contributed by atoms with E-state index < -0.39 is 0 Å². The van der Waals surface area contributed by atoms with Crippen molar-refractivity contribution in [1.29, 1.82) is 0 Å². The number of unbranched alkanes of at least 4 members (excludes halogenated alkanes) is 1. The zero-order chi connectivity index (χ0) is 22.3. The topological polar surface area (TPSA) is 92.0 Å². The lowest BCUT2D eigenvalue weighted by molar-refractivity contribution is -0.123. The van der Waals surface area contributed by atoms with E-state index in [0.29, 0.717) is 6.54 Å². The summed E-state index contributed by atoms with van der Waals surface area (Å²) in [5.74, 6) is 0.637. The van der Waals surface area contributed by atoms with Crippen molar-refractivity contribution in [3.63, 3.8) is 0 Å². The number of benzene rings is 1. The van der Waals surface area contributed by atoms with E-state index in [1.807, 2.05) is 0 Å². The second kappa shape index (κ2) is 17.1. The number of nitrogens with two attached hydrogens (primary N) is 1. The summed E-state index contributed by atoms with van der Waals surface area (Å²) < 4.78 is 5.61. The van der Waals surface area contributed by atoms with Crippen LogP contribution in [0.5, 0.6) is 0 Å². The summed E-state index contributed by atoms with van der Waals surface area (Å²) in [5.41, 5.74) is 7.94. The minimum atomic E-state index is -0.177. The number of carbonyl (C=O) groups excluding carboxylic acids is 1. The van der Waals surface area contributed by atoms with Gasteiger partial charge in [0.25, 0.3) is 0 Å². The van der Waals surface area contributed by atoms with E-state index in [-0.39, 0.29) is 35.8 Å². The third-order valence-corrected chi connectivity index (χ3v) is 5.47. The lowest BCUT2D eigenvalue weighted by Gasteiger charge is -2.31. The molecule has 1 saturated heterocycles. The zero-order valence-corrected chi connectivity index (χ0v) is 22.1. The molecule has 0 aromatic heterocycles. The first-order chi connectivity index (χ1) is 15.1. The molecule has 1 aromatic carbocycles. The number of rotatable bonds is 13. The molecule has 0 aliphatic carbocycles. The van der Waals surface area contributed by atoms with Crippen LogP contribution in [0.25, 0.3) is 0 Å². The maximum absolute atomic E-state index is 11.5. The van der Waals surface area contributed by atoms with Crippen molar-refractivity contribution in [2.75, 3.05) is 39.4 Å². The van der Waals surface area contributed by atoms with Gasteiger partial charge in [-0.05, 0) is 50.3 Å². The molecule has 7 nitrogen and oxygen atoms in total. The maximum atomic E-state index is 11.5. The van der Waals surface area contributed by atoms with Gasteiger partial charge in [0.1, 0.15) is 0 Å². The van der Waals surface area contributed by atoms with Gasteiger partial charge in [-0.3, -0.25) is 9.69 Å². The molecule has 1 aromatic rings. The Morgan fingerprint density at radius 3 is 2.75 bits per heavy atom. The number of guanidine groups is 1. The predicted octanol–water partition coefficient (Wildman–Crippen LogP) is 3.26. The molecular formula is C24H42IN5O2. The van der Waals surface area contributed by atoms with Crippen LogP contribution in [0.15, 0.2) is 29.3 Å². The minimum Gasteiger partial charge on any atom is -0.381 e. The summed E-state index contributed by atoms with van der Waals surface area (Å²) in [6, 6.07) is 8.55. The first-order valence-electron chi connectivity index (χ1n) is 11.8. The molecule has 1 aliphatic heterocycles. The van der Waals surface area contributed by atoms with Crippen LogP contribution in [0.3, 0.4) is 0 Å². The highest BCUT2D eigenvalue weighted by atomic mass is 127. The highest BCUT2D eigenvalue weighted by Gasteiger charge is 2.23. The Morgan fingerprint density at radius 2 is 2.00 bits per heavy atom. The van der Waals surface area contributed by atoms with Gasteiger partial charge in [-0.15, -0.1) is 24.0 Å². The number of hydrogen-bond acceptors (Lipinski definition) is 4. The van der Waals surface area contributed by atoms with Crippen LogP contribution < -0.4 is 16.4 Å². The van der Waals surface area contributed by atoms with Crippen molar-refractivity contribution in [2.24, 2.45) is 16.6 Å². The smallest absolute Gasteiger partial charge is 0.221 e. The van der Waals surface area contributed by atoms with Crippen molar-refractivity contribution in [2.45, 2.75) is 59.0 Å². The Labute approximate surface area is 211 Å². The van der Waals surface area contributed by atoms with Gasteiger partial charge in [-0.25, -0.2) is 4.99 Å². The molecule has 1 fully saturated rings. The first-order valence-corrected chi connectivity index (χ1v) is 11.8. The van der Waals surface area contributed by atoms with Crippen molar-refractivity contribution >= 4 is 35.8 Å². The van der Waals surface area contributed by atoms with E-state index in [1.165, 1.54) is 17.5 Å². The second-order valence-corrected chi connectivity index (χ2v) is 8.24. The van der Waals surface area contributed by atoms with E-state index in [1.54, 1.807) is 0 Å². The van der Waals surface area contributed by atoms with Crippen molar-refractivity contribution in [3.8, 4) is 0 Å². The van der Waals surface area contributed by atoms with Crippen molar-refractivity contribution < 1.29 is 9.53 Å². The highest BCUT2D eigenvalue weighted by Crippen LogP contribution is 2.19. The Hall–Kier alpha value is -1.39. The number of halogens is 1. The number of piperidine rings is 1. The van der Waals surface area contributed by atoms with Gasteiger partial charge in [-0.2, -0.15) is 0 Å². The predicted molar refractivity (Wildman–Crippen MR) is 142 cm³/mol. The fraction of sp³-hybridized carbons (Fsp3) is 0.667. The van der Waals surface area contributed by atoms with Crippen LogP contribution >= 0.6 is 24.0 Å². The zero-order valence-electron chi connectivity index (χ0n) is 19.8. The Kier molecular flexibility index (Phi) is 15.3. The summed E-state index contributed by atoms with van der Waals surface area (Å²) in [6.07, 6.45) is 5.19. The van der Waals surface area contributed by atoms with Gasteiger partial charge in [-0.1, -0.05) is 37.6 Å². The molecule has 1 atom stereocenters. The number of aliphatic imine (C=N–C) groups is 1. The normalized spacial score (nSPS) is 16.9. The molecule has 0 radical (unpaired) electrons. The van der Waals surface area contributed by atoms with Gasteiger partial charge in [0.05, 0.1) is 12.5 Å². The average molecular weight is 560 g/mol. The lowest BCUT2D eigenvalue weighted by atomic mass is 9.97. The van der Waals surface area contributed by atoms with Gasteiger partial charge < -0.3 is 21.1 Å². The summed E-state index contributed by atoms with van der Waals surface area (Å²) in [4.78, 5) is 18.6. The summed E-state index contributed by atoms with van der Waals surface area (Å²) in [7, 11) is 0. The van der Waals surface area contributed by atoms with Crippen LogP contribution in [0.1, 0.15) is 57.1 Å². The fourth-order valence-corrected chi connectivity index (χ4v) is 3.76. The van der Waals surface area contributed by atoms with Crippen LogP contribution in [-0.2, 0) is 22.6 Å². The largest absolute Gasteiger partial charge is 0.381 e. The molecule has 1 amide bonds. The molecule has 32 heavy (non-hydrogen) atoms. The van der Waals surface area contributed by atoms with Gasteiger partial charge in [0.15, 0.2) is 5.96 Å². The van der Waals surface area contributed by atoms with Crippen molar-refractivity contribution in [3.05, 3.63) is 35.4 Å². The van der Waals surface area contributed by atoms with Gasteiger partial charge in [0, 0.05) is 39.4 Å². The highest BCUT2D eigenvalue weighted by molar-refractivity contribution is 14.0. The molecule has 1 aliphatic rings. The standard InChI is InChI=1S/C24H41N5O2.HI/c1-3-5-14-31-15-8-12-27-24(26-4-2)28-17-20-9-6-10-21(16-20)18-29-13-7-11-22(19-29)23(25)30;/h6,9-10,16,22H,3-5,7-8,11-15,17-19H2,1-2H3,(H2,25,30)(H2,26,27,28);1H. The summed E-state index contributed by atoms with van der Waals surface area (Å²) >= 11 is 0. The third kappa shape index (κ3) is 11.5. The van der Waals surface area contributed by atoms with E-state index in [9.17, 15) is 4.79 Å². The van der Waals surface area contributed by atoms with E-state index in [0.717, 1.165) is 77.6 Å². The summed E-state index contributed by atoms with van der Waals surface area (Å²) in [6.45, 7) is 10.8. The molecule has 0 spiro atoms. The number of nitrogens with zero attached hydrogens (tertiary/aromatic N) is 2. The quantitative estimate of drug-likeness (QED) is 0.149. The molecule has 8 heteroatoms. The number of primary amides is 1. The SMILES string of the molecule is CCCCOCCCNC(=NCc1cccc(CN2CCCC(C(N)=O)C2)c1)NCC.I. The molecule has 2 rings (SSSR count). The van der Waals surface area contributed by atoms with Gasteiger partial charge >= 0.3 is 0 Å². The molecule has 1 unspecified atom stereocenters. The van der Waals surface area contributed by atoms with Crippen LogP contribution in [0, 0.1) is 5.92 Å². The molecule has 4 N–H and O–H groups in total. The number of amides is 1. The fourth-order valence-electron chi connectivity index (χ4n) is 3.76. The van der Waals surface area contributed by atoms with Crippen LogP contribution in [0.2, 0.25) is 0 Å². The molecule has 0 saturated carbocycles. The minimum absolute atomic E-state index is 0. The van der Waals surface area contributed by atoms with Crippen molar-refractivity contribution in [1.82, 2.24) is 15.5 Å². The number of nitrogens with one attached hydrogen (secondary N) is 2. The third-order valence-electron chi connectivity index (χ3n) is 5.47. The average Bonchev–Trinajstić information content (AvgIpc) is 2.77. The molecule has 0 bridgehead atoms. The Balaban J connectivity index is 0.00000512. The Bertz CT molecular complexity index is 686. The summed E-state index contributed by atoms with van der Waals surface area (Å²) in [5, 5.41) is 6.69. The number of ether oxygens (including phenoxy) is 1. The van der Waals surface area contributed by atoms with Crippen LogP contribution in [0.4, 0.5) is 0 Å². The van der Waals surface area contributed by atoms with E-state index in [2.05, 4.69) is 53.6 Å². The maximum Gasteiger partial charge on any atom is 0.221 e. The number of carbonyl (C=O) groups is 1. The number of likely N-dealkylation sites (tertiary alicyclic amines) is 1. The monoisotopic (exact) mass is 559 g/mol. The van der Waals surface area contributed by atoms with Crippen LogP contribution in [-0.4, -0.2) is 56.2 Å². The van der Waals surface area contributed by atoms with Gasteiger partial charge in [0.2, 0.25) is 5.91 Å². The number of hydrogen-bond donors (Lipinski definition) is 3. The van der Waals surface area contributed by atoms with E-state index in [4.69, 9.17) is 15.5 Å². The molecular weight excluding hydrogens is 517 g/mol. The molecule has 182 valence electrons. The van der Waals surface area contributed by atoms with E-state index >= 15 is 0 Å². The molecule has 1 heterocycles. The first kappa shape index (κ1) is 28.6. The lowest BCUT2D eigenvalue weighted by Crippen LogP contribution is -2.40. The second-order valence-electron chi connectivity index (χ2n) is 8.24. The Morgan fingerprint density at radius 1 is 1.22 bits per heavy atom.